The Morgan fingerprint density at radius 2 is 2.11 bits per heavy atom. The number of rotatable bonds is 5. The highest BCUT2D eigenvalue weighted by molar-refractivity contribution is 9.10. The molecule has 1 heterocycles. The molecule has 0 saturated carbocycles. The van der Waals surface area contributed by atoms with E-state index in [9.17, 15) is 8.78 Å². The van der Waals surface area contributed by atoms with Crippen molar-refractivity contribution in [3.05, 3.63) is 58.0 Å². The van der Waals surface area contributed by atoms with Crippen molar-refractivity contribution in [3.8, 4) is 0 Å². The average molecular weight is 330 g/mol. The summed E-state index contributed by atoms with van der Waals surface area (Å²) in [6, 6.07) is 6.25. The second-order valence-electron chi connectivity index (χ2n) is 4.16. The molecule has 0 aliphatic rings. The van der Waals surface area contributed by atoms with Crippen molar-refractivity contribution < 1.29 is 13.2 Å². The summed E-state index contributed by atoms with van der Waals surface area (Å²) in [5.74, 6) is -0.925. The Balaban J connectivity index is 2.31. The lowest BCUT2D eigenvalue weighted by molar-refractivity contribution is 0.448. The standard InChI is InChI=1S/C14H14BrF2NO/c1-2-18-12(8-9-4-3-7-19-9)10-5-6-11(16)14(17)13(10)15/h3-7,12,18H,2,8H2,1H3. The van der Waals surface area contributed by atoms with Crippen molar-refractivity contribution in [1.82, 2.24) is 5.32 Å². The van der Waals surface area contributed by atoms with Gasteiger partial charge in [-0.25, -0.2) is 8.78 Å². The zero-order valence-corrected chi connectivity index (χ0v) is 12.0. The highest BCUT2D eigenvalue weighted by Crippen LogP contribution is 2.29. The van der Waals surface area contributed by atoms with Gasteiger partial charge in [0.2, 0.25) is 0 Å². The summed E-state index contributed by atoms with van der Waals surface area (Å²) >= 11 is 3.12. The molecule has 0 bridgehead atoms. The van der Waals surface area contributed by atoms with Crippen molar-refractivity contribution in [2.45, 2.75) is 19.4 Å². The van der Waals surface area contributed by atoms with Crippen LogP contribution in [0.1, 0.15) is 24.3 Å². The van der Waals surface area contributed by atoms with Gasteiger partial charge in [-0.15, -0.1) is 0 Å². The summed E-state index contributed by atoms with van der Waals surface area (Å²) in [6.45, 7) is 2.68. The molecule has 19 heavy (non-hydrogen) atoms. The number of likely N-dealkylation sites (N-methyl/N-ethyl adjacent to an activating group) is 1. The minimum Gasteiger partial charge on any atom is -0.469 e. The number of hydrogen-bond acceptors (Lipinski definition) is 2. The molecule has 1 aromatic carbocycles. The molecule has 0 saturated heterocycles. The number of furan rings is 1. The second kappa shape index (κ2) is 6.30. The maximum Gasteiger partial charge on any atom is 0.173 e. The molecule has 2 nitrogen and oxygen atoms in total. The van der Waals surface area contributed by atoms with E-state index in [4.69, 9.17) is 4.42 Å². The summed E-state index contributed by atoms with van der Waals surface area (Å²) in [5.41, 5.74) is 0.678. The molecular formula is C14H14BrF2NO. The third-order valence-electron chi connectivity index (χ3n) is 2.88. The van der Waals surface area contributed by atoms with E-state index >= 15 is 0 Å². The lowest BCUT2D eigenvalue weighted by Crippen LogP contribution is -2.23. The van der Waals surface area contributed by atoms with Gasteiger partial charge in [0.15, 0.2) is 11.6 Å². The summed E-state index contributed by atoms with van der Waals surface area (Å²) in [4.78, 5) is 0. The zero-order chi connectivity index (χ0) is 13.8. The first-order valence-corrected chi connectivity index (χ1v) is 6.82. The Morgan fingerprint density at radius 1 is 1.32 bits per heavy atom. The molecule has 2 rings (SSSR count). The molecular weight excluding hydrogens is 316 g/mol. The van der Waals surface area contributed by atoms with E-state index in [1.54, 1.807) is 18.4 Å². The molecule has 1 atom stereocenters. The quantitative estimate of drug-likeness (QED) is 0.831. The van der Waals surface area contributed by atoms with E-state index in [1.807, 2.05) is 13.0 Å². The Kier molecular flexibility index (Phi) is 4.71. The smallest absolute Gasteiger partial charge is 0.173 e. The van der Waals surface area contributed by atoms with E-state index in [0.717, 1.165) is 18.4 Å². The molecule has 2 aromatic rings. The Bertz CT molecular complexity index is 543. The van der Waals surface area contributed by atoms with Crippen molar-refractivity contribution in [1.29, 1.82) is 0 Å². The molecule has 0 amide bonds. The van der Waals surface area contributed by atoms with Crippen molar-refractivity contribution >= 4 is 15.9 Å². The van der Waals surface area contributed by atoms with Gasteiger partial charge in [-0.1, -0.05) is 13.0 Å². The van der Waals surface area contributed by atoms with Crippen LogP contribution in [0.2, 0.25) is 0 Å². The predicted octanol–water partition coefficient (Wildman–Crippen LogP) is 4.21. The summed E-state index contributed by atoms with van der Waals surface area (Å²) < 4.78 is 32.2. The molecule has 1 aromatic heterocycles. The van der Waals surface area contributed by atoms with Gasteiger partial charge in [0.05, 0.1) is 10.7 Å². The van der Waals surface area contributed by atoms with Crippen LogP contribution in [0.25, 0.3) is 0 Å². The van der Waals surface area contributed by atoms with Gasteiger partial charge in [-0.3, -0.25) is 0 Å². The van der Waals surface area contributed by atoms with E-state index < -0.39 is 11.6 Å². The van der Waals surface area contributed by atoms with Gasteiger partial charge in [-0.05, 0) is 46.2 Å². The van der Waals surface area contributed by atoms with Gasteiger partial charge in [-0.2, -0.15) is 0 Å². The highest BCUT2D eigenvalue weighted by atomic mass is 79.9. The van der Waals surface area contributed by atoms with Gasteiger partial charge >= 0.3 is 0 Å². The predicted molar refractivity (Wildman–Crippen MR) is 72.9 cm³/mol. The van der Waals surface area contributed by atoms with Crippen LogP contribution < -0.4 is 5.32 Å². The molecule has 1 N–H and O–H groups in total. The normalized spacial score (nSPS) is 12.6. The minimum absolute atomic E-state index is 0.138. The van der Waals surface area contributed by atoms with Gasteiger partial charge in [0, 0.05) is 12.5 Å². The molecule has 5 heteroatoms. The molecule has 0 spiro atoms. The van der Waals surface area contributed by atoms with Crippen LogP contribution in [0.5, 0.6) is 0 Å². The third kappa shape index (κ3) is 3.22. The number of hydrogen-bond donors (Lipinski definition) is 1. The fourth-order valence-electron chi connectivity index (χ4n) is 1.98. The lowest BCUT2D eigenvalue weighted by atomic mass is 10.0. The lowest BCUT2D eigenvalue weighted by Gasteiger charge is -2.19. The Morgan fingerprint density at radius 3 is 2.74 bits per heavy atom. The summed E-state index contributed by atoms with van der Waals surface area (Å²) in [6.07, 6.45) is 2.17. The molecule has 0 aliphatic carbocycles. The van der Waals surface area contributed by atoms with Crippen molar-refractivity contribution in [2.24, 2.45) is 0 Å². The topological polar surface area (TPSA) is 25.2 Å². The highest BCUT2D eigenvalue weighted by Gasteiger charge is 2.19. The zero-order valence-electron chi connectivity index (χ0n) is 10.4. The van der Waals surface area contributed by atoms with E-state index in [1.165, 1.54) is 0 Å². The molecule has 1 unspecified atom stereocenters. The van der Waals surface area contributed by atoms with Crippen LogP contribution in [-0.2, 0) is 6.42 Å². The number of benzene rings is 1. The Labute approximate surface area is 118 Å². The van der Waals surface area contributed by atoms with Crippen LogP contribution >= 0.6 is 15.9 Å². The van der Waals surface area contributed by atoms with Crippen molar-refractivity contribution in [3.63, 3.8) is 0 Å². The van der Waals surface area contributed by atoms with Gasteiger partial charge in [0.1, 0.15) is 5.76 Å². The van der Waals surface area contributed by atoms with E-state index in [0.29, 0.717) is 12.0 Å². The first-order chi connectivity index (χ1) is 9.13. The van der Waals surface area contributed by atoms with E-state index in [2.05, 4.69) is 21.2 Å². The first-order valence-electron chi connectivity index (χ1n) is 6.02. The summed E-state index contributed by atoms with van der Waals surface area (Å²) in [7, 11) is 0. The molecule has 0 radical (unpaired) electrons. The minimum atomic E-state index is -0.861. The molecule has 0 aliphatic heterocycles. The van der Waals surface area contributed by atoms with Crippen LogP contribution in [-0.4, -0.2) is 6.54 Å². The fraction of sp³-hybridized carbons (Fsp3) is 0.286. The average Bonchev–Trinajstić information content (AvgIpc) is 2.89. The number of halogens is 3. The van der Waals surface area contributed by atoms with Crippen LogP contribution in [0, 0.1) is 11.6 Å². The third-order valence-corrected chi connectivity index (χ3v) is 3.68. The van der Waals surface area contributed by atoms with Crippen LogP contribution in [0.15, 0.2) is 39.4 Å². The largest absolute Gasteiger partial charge is 0.469 e. The molecule has 102 valence electrons. The monoisotopic (exact) mass is 329 g/mol. The molecule has 0 fully saturated rings. The SMILES string of the molecule is CCNC(Cc1ccco1)c1ccc(F)c(F)c1Br. The van der Waals surface area contributed by atoms with Crippen LogP contribution in [0.3, 0.4) is 0 Å². The van der Waals surface area contributed by atoms with Crippen LogP contribution in [0.4, 0.5) is 8.78 Å². The maximum atomic E-state index is 13.6. The second-order valence-corrected chi connectivity index (χ2v) is 4.95. The van der Waals surface area contributed by atoms with E-state index in [-0.39, 0.29) is 10.5 Å². The first kappa shape index (κ1) is 14.2. The Hall–Kier alpha value is -1.20. The maximum absolute atomic E-state index is 13.6. The van der Waals surface area contributed by atoms with Gasteiger partial charge in [0.25, 0.3) is 0 Å². The van der Waals surface area contributed by atoms with Gasteiger partial charge < -0.3 is 9.73 Å². The summed E-state index contributed by atoms with van der Waals surface area (Å²) in [5, 5.41) is 3.25. The number of nitrogens with one attached hydrogen (secondary N) is 1. The van der Waals surface area contributed by atoms with Crippen molar-refractivity contribution in [2.75, 3.05) is 6.54 Å². The fourth-order valence-corrected chi connectivity index (χ4v) is 2.58.